The molecule has 0 unspecified atom stereocenters. The molecule has 2 aromatic carbocycles. The monoisotopic (exact) mass is 417 g/mol. The van der Waals surface area contributed by atoms with Gasteiger partial charge in [0.05, 0.1) is 5.92 Å². The lowest BCUT2D eigenvalue weighted by molar-refractivity contribution is -0.137. The maximum Gasteiger partial charge on any atom is 0.248 e. The van der Waals surface area contributed by atoms with Crippen LogP contribution in [0.4, 0.5) is 5.69 Å². The van der Waals surface area contributed by atoms with Crippen LogP contribution in [-0.4, -0.2) is 35.2 Å². The van der Waals surface area contributed by atoms with Gasteiger partial charge in [-0.3, -0.25) is 14.4 Å². The molecule has 1 saturated carbocycles. The first kappa shape index (κ1) is 19.8. The SMILES string of the molecule is NC(=O)c1ccc(CN(C(=O)[C@@H]2CC(=O)N(c3ccc4c(c3)CCC4)C2)C2CC2)cc1. The third-order valence-corrected chi connectivity index (χ3v) is 6.73. The Morgan fingerprint density at radius 1 is 1.03 bits per heavy atom. The summed E-state index contributed by atoms with van der Waals surface area (Å²) >= 11 is 0. The molecule has 1 heterocycles. The summed E-state index contributed by atoms with van der Waals surface area (Å²) in [5, 5.41) is 0. The number of anilines is 1. The normalized spacial score (nSPS) is 20.1. The van der Waals surface area contributed by atoms with Crippen LogP contribution in [0.5, 0.6) is 0 Å². The molecule has 160 valence electrons. The van der Waals surface area contributed by atoms with Crippen molar-refractivity contribution >= 4 is 23.4 Å². The number of nitrogens with zero attached hydrogens (tertiary/aromatic N) is 2. The molecular formula is C25H27N3O3. The fourth-order valence-corrected chi connectivity index (χ4v) is 4.83. The molecule has 1 saturated heterocycles. The predicted octanol–water partition coefficient (Wildman–Crippen LogP) is 2.82. The van der Waals surface area contributed by atoms with Crippen molar-refractivity contribution in [3.63, 3.8) is 0 Å². The van der Waals surface area contributed by atoms with Gasteiger partial charge >= 0.3 is 0 Å². The highest BCUT2D eigenvalue weighted by Crippen LogP contribution is 2.34. The van der Waals surface area contributed by atoms with Gasteiger partial charge in [0, 0.05) is 36.8 Å². The number of aryl methyl sites for hydroxylation is 2. The number of primary amides is 1. The van der Waals surface area contributed by atoms with Crippen molar-refractivity contribution < 1.29 is 14.4 Å². The third-order valence-electron chi connectivity index (χ3n) is 6.73. The Balaban J connectivity index is 1.30. The molecule has 3 amide bonds. The van der Waals surface area contributed by atoms with Gasteiger partial charge in [0.15, 0.2) is 0 Å². The zero-order valence-electron chi connectivity index (χ0n) is 17.5. The number of fused-ring (bicyclic) bond motifs is 1. The first-order valence-corrected chi connectivity index (χ1v) is 11.1. The van der Waals surface area contributed by atoms with Crippen LogP contribution >= 0.6 is 0 Å². The second-order valence-electron chi connectivity index (χ2n) is 8.97. The van der Waals surface area contributed by atoms with Gasteiger partial charge in [0.25, 0.3) is 0 Å². The quantitative estimate of drug-likeness (QED) is 0.784. The fourth-order valence-electron chi connectivity index (χ4n) is 4.83. The molecule has 2 aromatic rings. The van der Waals surface area contributed by atoms with E-state index in [4.69, 9.17) is 5.73 Å². The van der Waals surface area contributed by atoms with E-state index in [2.05, 4.69) is 12.1 Å². The van der Waals surface area contributed by atoms with Crippen LogP contribution in [0.15, 0.2) is 42.5 Å². The maximum absolute atomic E-state index is 13.4. The summed E-state index contributed by atoms with van der Waals surface area (Å²) in [5.74, 6) is -0.694. The van der Waals surface area contributed by atoms with Crippen LogP contribution in [-0.2, 0) is 29.0 Å². The number of nitrogens with two attached hydrogens (primary N) is 1. The lowest BCUT2D eigenvalue weighted by Gasteiger charge is -2.26. The number of carbonyl (C=O) groups is 3. The van der Waals surface area contributed by atoms with E-state index in [-0.39, 0.29) is 30.2 Å². The van der Waals surface area contributed by atoms with Gasteiger partial charge in [0.2, 0.25) is 17.7 Å². The van der Waals surface area contributed by atoms with Gasteiger partial charge in [-0.2, -0.15) is 0 Å². The molecule has 6 nitrogen and oxygen atoms in total. The van der Waals surface area contributed by atoms with Gasteiger partial charge in [-0.1, -0.05) is 18.2 Å². The highest BCUT2D eigenvalue weighted by molar-refractivity contribution is 6.00. The summed E-state index contributed by atoms with van der Waals surface area (Å²) in [6.45, 7) is 0.937. The van der Waals surface area contributed by atoms with E-state index in [0.29, 0.717) is 18.7 Å². The van der Waals surface area contributed by atoms with Crippen molar-refractivity contribution in [3.05, 3.63) is 64.7 Å². The topological polar surface area (TPSA) is 83.7 Å². The van der Waals surface area contributed by atoms with Gasteiger partial charge in [0.1, 0.15) is 0 Å². The van der Waals surface area contributed by atoms with Gasteiger partial charge in [-0.15, -0.1) is 0 Å². The molecule has 1 aliphatic heterocycles. The highest BCUT2D eigenvalue weighted by atomic mass is 16.2. The standard InChI is InChI=1S/C25H27N3O3/c26-24(30)18-6-4-16(5-7-18)14-28(21-10-11-21)25(31)20-13-23(29)27(15-20)22-9-8-17-2-1-3-19(17)12-22/h4-9,12,20-21H,1-3,10-11,13-15H2,(H2,26,30)/t20-/m1/s1. The van der Waals surface area contributed by atoms with Gasteiger partial charge in [-0.05, 0) is 73.1 Å². The summed E-state index contributed by atoms with van der Waals surface area (Å²) in [4.78, 5) is 41.2. The molecule has 2 aliphatic carbocycles. The minimum atomic E-state index is -0.460. The van der Waals surface area contributed by atoms with E-state index >= 15 is 0 Å². The number of benzene rings is 2. The van der Waals surface area contributed by atoms with Crippen LogP contribution in [0.25, 0.3) is 0 Å². The molecule has 0 aromatic heterocycles. The molecule has 6 heteroatoms. The minimum absolute atomic E-state index is 0.0258. The average Bonchev–Trinajstić information content (AvgIpc) is 3.37. The summed E-state index contributed by atoms with van der Waals surface area (Å²) in [5.41, 5.74) is 10.4. The van der Waals surface area contributed by atoms with E-state index < -0.39 is 5.91 Å². The summed E-state index contributed by atoms with van der Waals surface area (Å²) in [6, 6.07) is 13.6. The zero-order chi connectivity index (χ0) is 21.5. The Kier molecular flexibility index (Phi) is 5.00. The van der Waals surface area contributed by atoms with Crippen LogP contribution in [0, 0.1) is 5.92 Å². The number of carbonyl (C=O) groups excluding carboxylic acids is 3. The third kappa shape index (κ3) is 3.94. The summed E-state index contributed by atoms with van der Waals surface area (Å²) < 4.78 is 0. The Bertz CT molecular complexity index is 1040. The van der Waals surface area contributed by atoms with Crippen LogP contribution in [0.2, 0.25) is 0 Å². The van der Waals surface area contributed by atoms with E-state index in [1.54, 1.807) is 17.0 Å². The van der Waals surface area contributed by atoms with Crippen LogP contribution < -0.4 is 10.6 Å². The van der Waals surface area contributed by atoms with Crippen molar-refractivity contribution in [3.8, 4) is 0 Å². The molecule has 5 rings (SSSR count). The molecule has 2 N–H and O–H groups in total. The number of rotatable bonds is 6. The van der Waals surface area contributed by atoms with Crippen molar-refractivity contribution in [2.24, 2.45) is 11.7 Å². The second kappa shape index (κ2) is 7.84. The number of hydrogen-bond donors (Lipinski definition) is 1. The Morgan fingerprint density at radius 3 is 2.48 bits per heavy atom. The lowest BCUT2D eigenvalue weighted by atomic mass is 10.1. The van der Waals surface area contributed by atoms with Crippen LogP contribution in [0.3, 0.4) is 0 Å². The Labute approximate surface area is 182 Å². The summed E-state index contributed by atoms with van der Waals surface area (Å²) in [7, 11) is 0. The van der Waals surface area contributed by atoms with Crippen molar-refractivity contribution in [1.29, 1.82) is 0 Å². The van der Waals surface area contributed by atoms with Crippen molar-refractivity contribution in [2.45, 2.75) is 51.1 Å². The van der Waals surface area contributed by atoms with Gasteiger partial charge in [-0.25, -0.2) is 0 Å². The molecule has 3 aliphatic rings. The van der Waals surface area contributed by atoms with E-state index in [1.165, 1.54) is 17.5 Å². The van der Waals surface area contributed by atoms with Crippen molar-refractivity contribution in [1.82, 2.24) is 4.90 Å². The molecule has 2 fully saturated rings. The smallest absolute Gasteiger partial charge is 0.248 e. The first-order chi connectivity index (χ1) is 15.0. The Morgan fingerprint density at radius 2 is 1.77 bits per heavy atom. The van der Waals surface area contributed by atoms with Gasteiger partial charge < -0.3 is 15.5 Å². The maximum atomic E-state index is 13.4. The molecule has 0 spiro atoms. The minimum Gasteiger partial charge on any atom is -0.366 e. The Hall–Kier alpha value is -3.15. The molecule has 0 radical (unpaired) electrons. The summed E-state index contributed by atoms with van der Waals surface area (Å²) in [6.07, 6.45) is 5.62. The van der Waals surface area contributed by atoms with E-state index in [1.807, 2.05) is 23.1 Å². The van der Waals surface area contributed by atoms with E-state index in [0.717, 1.165) is 36.9 Å². The lowest BCUT2D eigenvalue weighted by Crippen LogP contribution is -2.38. The number of amides is 3. The largest absolute Gasteiger partial charge is 0.366 e. The first-order valence-electron chi connectivity index (χ1n) is 11.1. The average molecular weight is 418 g/mol. The molecule has 1 atom stereocenters. The number of hydrogen-bond acceptors (Lipinski definition) is 3. The fraction of sp³-hybridized carbons (Fsp3) is 0.400. The predicted molar refractivity (Wildman–Crippen MR) is 117 cm³/mol. The highest BCUT2D eigenvalue weighted by Gasteiger charge is 2.41. The molecular weight excluding hydrogens is 390 g/mol. The molecule has 0 bridgehead atoms. The van der Waals surface area contributed by atoms with Crippen molar-refractivity contribution in [2.75, 3.05) is 11.4 Å². The molecule has 31 heavy (non-hydrogen) atoms. The van der Waals surface area contributed by atoms with Crippen LogP contribution in [0.1, 0.15) is 52.7 Å². The zero-order valence-corrected chi connectivity index (χ0v) is 17.5. The second-order valence-corrected chi connectivity index (χ2v) is 8.97. The van der Waals surface area contributed by atoms with E-state index in [9.17, 15) is 14.4 Å².